The predicted molar refractivity (Wildman–Crippen MR) is 84.4 cm³/mol. The lowest BCUT2D eigenvalue weighted by molar-refractivity contribution is 0.571. The smallest absolute Gasteiger partial charge is 0.0641 e. The molecule has 1 atom stereocenters. The van der Waals surface area contributed by atoms with E-state index in [0.717, 1.165) is 22.8 Å². The van der Waals surface area contributed by atoms with Gasteiger partial charge < -0.3 is 5.32 Å². The van der Waals surface area contributed by atoms with E-state index in [1.54, 1.807) is 6.07 Å². The van der Waals surface area contributed by atoms with E-state index in [1.807, 2.05) is 30.8 Å². The fourth-order valence-electron chi connectivity index (χ4n) is 2.28. The summed E-state index contributed by atoms with van der Waals surface area (Å²) in [6.07, 6.45) is 0. The number of hydrogen-bond acceptors (Lipinski definition) is 2. The molecule has 0 fully saturated rings. The van der Waals surface area contributed by atoms with Crippen molar-refractivity contribution in [3.05, 3.63) is 50.8 Å². The summed E-state index contributed by atoms with van der Waals surface area (Å²) in [5.41, 5.74) is 4.48. The number of aromatic nitrogens is 2. The Balaban J connectivity index is 2.12. The maximum atomic E-state index is 6.22. The quantitative estimate of drug-likeness (QED) is 0.917. The summed E-state index contributed by atoms with van der Waals surface area (Å²) in [7, 11) is 1.96. The highest BCUT2D eigenvalue weighted by Crippen LogP contribution is 2.26. The van der Waals surface area contributed by atoms with Crippen molar-refractivity contribution in [3.8, 4) is 0 Å². The molecule has 0 amide bonds. The Morgan fingerprint density at radius 2 is 2.00 bits per heavy atom. The van der Waals surface area contributed by atoms with Gasteiger partial charge in [-0.3, -0.25) is 4.68 Å². The Hall–Kier alpha value is -1.03. The number of aryl methyl sites for hydroxylation is 2. The zero-order valence-corrected chi connectivity index (χ0v) is 13.7. The van der Waals surface area contributed by atoms with Crippen LogP contribution >= 0.6 is 23.2 Å². The van der Waals surface area contributed by atoms with Crippen LogP contribution in [0.5, 0.6) is 0 Å². The largest absolute Gasteiger partial charge is 0.306 e. The second-order valence-corrected chi connectivity index (χ2v) is 5.89. The first kappa shape index (κ1) is 15.4. The first-order valence-electron chi connectivity index (χ1n) is 6.57. The molecular formula is C15H19Cl2N3. The van der Waals surface area contributed by atoms with Gasteiger partial charge in [-0.2, -0.15) is 5.10 Å². The lowest BCUT2D eigenvalue weighted by Crippen LogP contribution is -2.19. The Bertz CT molecular complexity index is 620. The third kappa shape index (κ3) is 3.17. The highest BCUT2D eigenvalue weighted by atomic mass is 35.5. The standard InChI is InChI=1S/C15H19Cl2N3/c1-9(13-7-12(16)5-6-15(13)17)18-8-14-10(2)19-20(4)11(14)3/h5-7,9,18H,8H2,1-4H3. The van der Waals surface area contributed by atoms with Gasteiger partial charge in [-0.15, -0.1) is 0 Å². The first-order chi connectivity index (χ1) is 9.40. The third-order valence-electron chi connectivity index (χ3n) is 3.67. The molecule has 0 aliphatic carbocycles. The lowest BCUT2D eigenvalue weighted by atomic mass is 10.1. The van der Waals surface area contributed by atoms with Crippen molar-refractivity contribution in [2.75, 3.05) is 0 Å². The van der Waals surface area contributed by atoms with Gasteiger partial charge in [0.15, 0.2) is 0 Å². The fraction of sp³-hybridized carbons (Fsp3) is 0.400. The molecule has 1 heterocycles. The zero-order valence-electron chi connectivity index (χ0n) is 12.2. The highest BCUT2D eigenvalue weighted by Gasteiger charge is 2.13. The molecule has 108 valence electrons. The number of nitrogens with zero attached hydrogens (tertiary/aromatic N) is 2. The number of hydrogen-bond donors (Lipinski definition) is 1. The van der Waals surface area contributed by atoms with Crippen molar-refractivity contribution >= 4 is 23.2 Å². The molecule has 1 N–H and O–H groups in total. The van der Waals surface area contributed by atoms with Crippen molar-refractivity contribution in [3.63, 3.8) is 0 Å². The highest BCUT2D eigenvalue weighted by molar-refractivity contribution is 6.33. The molecule has 2 aromatic rings. The number of nitrogens with one attached hydrogen (secondary N) is 1. The lowest BCUT2D eigenvalue weighted by Gasteiger charge is -2.16. The molecule has 0 bridgehead atoms. The van der Waals surface area contributed by atoms with Crippen LogP contribution in [0, 0.1) is 13.8 Å². The molecule has 0 aliphatic heterocycles. The Morgan fingerprint density at radius 1 is 1.30 bits per heavy atom. The topological polar surface area (TPSA) is 29.9 Å². The monoisotopic (exact) mass is 311 g/mol. The maximum Gasteiger partial charge on any atom is 0.0641 e. The number of benzene rings is 1. The van der Waals surface area contributed by atoms with Gasteiger partial charge >= 0.3 is 0 Å². The summed E-state index contributed by atoms with van der Waals surface area (Å²) in [5, 5.41) is 9.34. The summed E-state index contributed by atoms with van der Waals surface area (Å²) in [5.74, 6) is 0. The van der Waals surface area contributed by atoms with Crippen molar-refractivity contribution in [1.29, 1.82) is 0 Å². The van der Waals surface area contributed by atoms with Gasteiger partial charge in [-0.05, 0) is 44.5 Å². The maximum absolute atomic E-state index is 6.22. The van der Waals surface area contributed by atoms with Gasteiger partial charge in [0.1, 0.15) is 0 Å². The summed E-state index contributed by atoms with van der Waals surface area (Å²) < 4.78 is 1.91. The third-order valence-corrected chi connectivity index (χ3v) is 4.25. The zero-order chi connectivity index (χ0) is 14.9. The molecule has 0 saturated carbocycles. The van der Waals surface area contributed by atoms with Gasteiger partial charge in [0.25, 0.3) is 0 Å². The van der Waals surface area contributed by atoms with Gasteiger partial charge in [0.05, 0.1) is 5.69 Å². The summed E-state index contributed by atoms with van der Waals surface area (Å²) >= 11 is 12.3. The fourth-order valence-corrected chi connectivity index (χ4v) is 2.75. The molecule has 0 aliphatic rings. The number of rotatable bonds is 4. The summed E-state index contributed by atoms with van der Waals surface area (Å²) in [6, 6.07) is 5.66. The van der Waals surface area contributed by atoms with E-state index < -0.39 is 0 Å². The second kappa shape index (κ2) is 6.17. The van der Waals surface area contributed by atoms with E-state index >= 15 is 0 Å². The van der Waals surface area contributed by atoms with Crippen LogP contribution < -0.4 is 5.32 Å². The van der Waals surface area contributed by atoms with Crippen LogP contribution in [0.2, 0.25) is 10.0 Å². The van der Waals surface area contributed by atoms with Crippen LogP contribution in [-0.4, -0.2) is 9.78 Å². The SMILES string of the molecule is Cc1nn(C)c(C)c1CNC(C)c1cc(Cl)ccc1Cl. The molecule has 1 unspecified atom stereocenters. The van der Waals surface area contributed by atoms with E-state index in [4.69, 9.17) is 23.2 Å². The predicted octanol–water partition coefficient (Wildman–Crippen LogP) is 4.19. The normalized spacial score (nSPS) is 12.7. The van der Waals surface area contributed by atoms with E-state index in [2.05, 4.69) is 24.3 Å². The van der Waals surface area contributed by atoms with Crippen LogP contribution in [0.3, 0.4) is 0 Å². The first-order valence-corrected chi connectivity index (χ1v) is 7.33. The van der Waals surface area contributed by atoms with Gasteiger partial charge in [0.2, 0.25) is 0 Å². The molecule has 1 aromatic heterocycles. The average Bonchev–Trinajstić information content (AvgIpc) is 2.64. The molecule has 1 aromatic carbocycles. The molecule has 20 heavy (non-hydrogen) atoms. The summed E-state index contributed by atoms with van der Waals surface area (Å²) in [6.45, 7) is 6.95. The Kier molecular flexibility index (Phi) is 4.74. The van der Waals surface area contributed by atoms with Crippen molar-refractivity contribution in [2.24, 2.45) is 7.05 Å². The van der Waals surface area contributed by atoms with Crippen molar-refractivity contribution < 1.29 is 0 Å². The Labute approximate surface area is 129 Å². The minimum absolute atomic E-state index is 0.125. The Morgan fingerprint density at radius 3 is 2.60 bits per heavy atom. The van der Waals surface area contributed by atoms with Crippen LogP contribution in [0.25, 0.3) is 0 Å². The van der Waals surface area contributed by atoms with Gasteiger partial charge in [0, 0.05) is 40.9 Å². The molecule has 2 rings (SSSR count). The molecule has 0 saturated heterocycles. The van der Waals surface area contributed by atoms with Crippen molar-refractivity contribution in [1.82, 2.24) is 15.1 Å². The minimum Gasteiger partial charge on any atom is -0.306 e. The average molecular weight is 312 g/mol. The van der Waals surface area contributed by atoms with Crippen LogP contribution in [0.15, 0.2) is 18.2 Å². The van der Waals surface area contributed by atoms with Gasteiger partial charge in [-0.25, -0.2) is 0 Å². The van der Waals surface area contributed by atoms with Crippen molar-refractivity contribution in [2.45, 2.75) is 33.4 Å². The van der Waals surface area contributed by atoms with Crippen LogP contribution in [-0.2, 0) is 13.6 Å². The van der Waals surface area contributed by atoms with E-state index in [-0.39, 0.29) is 6.04 Å². The molecule has 0 radical (unpaired) electrons. The molecule has 0 spiro atoms. The van der Waals surface area contributed by atoms with Crippen LogP contribution in [0.4, 0.5) is 0 Å². The molecule has 3 nitrogen and oxygen atoms in total. The molecular weight excluding hydrogens is 293 g/mol. The van der Waals surface area contributed by atoms with E-state index in [9.17, 15) is 0 Å². The summed E-state index contributed by atoms with van der Waals surface area (Å²) in [4.78, 5) is 0. The van der Waals surface area contributed by atoms with Gasteiger partial charge in [-0.1, -0.05) is 23.2 Å². The molecule has 5 heteroatoms. The number of halogens is 2. The van der Waals surface area contributed by atoms with Crippen LogP contribution in [0.1, 0.15) is 35.5 Å². The second-order valence-electron chi connectivity index (χ2n) is 5.04. The minimum atomic E-state index is 0.125. The van der Waals surface area contributed by atoms with E-state index in [0.29, 0.717) is 5.02 Å². The van der Waals surface area contributed by atoms with E-state index in [1.165, 1.54) is 11.3 Å².